The summed E-state index contributed by atoms with van der Waals surface area (Å²) in [5.41, 5.74) is 1.27. The zero-order chi connectivity index (χ0) is 22.6. The Morgan fingerprint density at radius 2 is 1.87 bits per heavy atom. The Morgan fingerprint density at radius 1 is 1.16 bits per heavy atom. The zero-order valence-corrected chi connectivity index (χ0v) is 18.7. The van der Waals surface area contributed by atoms with Crippen molar-refractivity contribution in [1.82, 2.24) is 0 Å². The third-order valence-electron chi connectivity index (χ3n) is 4.46. The first kappa shape index (κ1) is 24.4. The normalized spacial score (nSPS) is 12.9. The van der Waals surface area contributed by atoms with Crippen molar-refractivity contribution in [2.45, 2.75) is 25.9 Å². The topological polar surface area (TPSA) is 105 Å². The molecule has 0 bridgehead atoms. The number of carboxylic acids is 1. The number of hydrogen-bond donors (Lipinski definition) is 3. The van der Waals surface area contributed by atoms with Crippen LogP contribution >= 0.6 is 15.9 Å². The Balaban J connectivity index is 2.19. The fraction of sp³-hybridized carbons (Fsp3) is 0.304. The standard InChI is InChI=1S/C23H26BrNO6/c1-16(6-2-5-9-21(27)28)22(19-7-3-4-8-20(19)30-15-14-26)31-23(29)25-18-12-10-17(24)11-13-18/h3-5,7-13,16,22,26H,2,6,14-15H2,1H3,(H,25,29)(H,27,28)/b9-5+/t16-,22+/m1/s1. The minimum atomic E-state index is -1.00. The van der Waals surface area contributed by atoms with Crippen molar-refractivity contribution in [3.8, 4) is 5.75 Å². The maximum Gasteiger partial charge on any atom is 0.412 e. The van der Waals surface area contributed by atoms with E-state index in [4.69, 9.17) is 19.7 Å². The highest BCUT2D eigenvalue weighted by Gasteiger charge is 2.26. The van der Waals surface area contributed by atoms with Crippen LogP contribution in [0.5, 0.6) is 5.75 Å². The second-order valence-electron chi connectivity index (χ2n) is 6.86. The SMILES string of the molecule is C[C@H](CC/C=C/C(=O)O)[C@H](OC(=O)Nc1ccc(Br)cc1)c1ccccc1OCCO. The van der Waals surface area contributed by atoms with Gasteiger partial charge in [-0.05, 0) is 49.1 Å². The van der Waals surface area contributed by atoms with Crippen molar-refractivity contribution < 1.29 is 29.3 Å². The van der Waals surface area contributed by atoms with E-state index >= 15 is 0 Å². The van der Waals surface area contributed by atoms with Crippen LogP contribution in [-0.2, 0) is 9.53 Å². The number of allylic oxidation sites excluding steroid dienone is 1. The molecule has 0 aliphatic carbocycles. The van der Waals surface area contributed by atoms with Crippen LogP contribution in [0.15, 0.2) is 65.2 Å². The summed E-state index contributed by atoms with van der Waals surface area (Å²) in [6, 6.07) is 14.3. The van der Waals surface area contributed by atoms with Crippen LogP contribution in [0.4, 0.5) is 10.5 Å². The van der Waals surface area contributed by atoms with E-state index in [0.717, 1.165) is 10.5 Å². The zero-order valence-electron chi connectivity index (χ0n) is 17.2. The van der Waals surface area contributed by atoms with E-state index in [2.05, 4.69) is 21.2 Å². The van der Waals surface area contributed by atoms with Gasteiger partial charge in [0.2, 0.25) is 0 Å². The highest BCUT2D eigenvalue weighted by molar-refractivity contribution is 9.10. The molecule has 0 unspecified atom stereocenters. The Morgan fingerprint density at radius 3 is 2.55 bits per heavy atom. The Bertz CT molecular complexity index is 884. The molecule has 0 fully saturated rings. The number of hydrogen-bond acceptors (Lipinski definition) is 5. The van der Waals surface area contributed by atoms with Gasteiger partial charge in [0.1, 0.15) is 18.5 Å². The van der Waals surface area contributed by atoms with Crippen molar-refractivity contribution in [1.29, 1.82) is 0 Å². The molecule has 31 heavy (non-hydrogen) atoms. The molecule has 0 aromatic heterocycles. The lowest BCUT2D eigenvalue weighted by Crippen LogP contribution is -2.22. The molecule has 2 aromatic rings. The number of anilines is 1. The molecule has 0 saturated heterocycles. The molecule has 2 rings (SSSR count). The van der Waals surface area contributed by atoms with Crippen LogP contribution in [0.3, 0.4) is 0 Å². The number of amides is 1. The number of halogens is 1. The highest BCUT2D eigenvalue weighted by Crippen LogP contribution is 2.35. The number of rotatable bonds is 11. The fourth-order valence-corrected chi connectivity index (χ4v) is 3.24. The van der Waals surface area contributed by atoms with E-state index in [9.17, 15) is 9.59 Å². The van der Waals surface area contributed by atoms with Crippen molar-refractivity contribution in [3.63, 3.8) is 0 Å². The second kappa shape index (κ2) is 12.8. The summed E-state index contributed by atoms with van der Waals surface area (Å²) in [6.07, 6.45) is 2.53. The third kappa shape index (κ3) is 8.43. The summed E-state index contributed by atoms with van der Waals surface area (Å²) in [4.78, 5) is 23.3. The van der Waals surface area contributed by atoms with Crippen LogP contribution in [0.1, 0.15) is 31.4 Å². The summed E-state index contributed by atoms with van der Waals surface area (Å²) in [5, 5.41) is 20.6. The van der Waals surface area contributed by atoms with Gasteiger partial charge in [0.15, 0.2) is 0 Å². The number of para-hydroxylation sites is 1. The molecule has 166 valence electrons. The molecule has 0 aliphatic rings. The largest absolute Gasteiger partial charge is 0.491 e. The lowest BCUT2D eigenvalue weighted by atomic mass is 9.92. The number of ether oxygens (including phenoxy) is 2. The van der Waals surface area contributed by atoms with Crippen molar-refractivity contribution in [2.75, 3.05) is 18.5 Å². The first-order chi connectivity index (χ1) is 14.9. The molecule has 3 N–H and O–H groups in total. The van der Waals surface area contributed by atoms with E-state index in [1.54, 1.807) is 30.3 Å². The predicted molar refractivity (Wildman–Crippen MR) is 121 cm³/mol. The second-order valence-corrected chi connectivity index (χ2v) is 7.78. The average molecular weight is 492 g/mol. The highest BCUT2D eigenvalue weighted by atomic mass is 79.9. The lowest BCUT2D eigenvalue weighted by Gasteiger charge is -2.26. The van der Waals surface area contributed by atoms with Crippen LogP contribution < -0.4 is 10.1 Å². The molecular formula is C23H26BrNO6. The van der Waals surface area contributed by atoms with E-state index in [-0.39, 0.29) is 19.1 Å². The number of aliphatic hydroxyl groups is 1. The Hall–Kier alpha value is -2.84. The first-order valence-electron chi connectivity index (χ1n) is 9.86. The van der Waals surface area contributed by atoms with E-state index in [0.29, 0.717) is 29.8 Å². The first-order valence-corrected chi connectivity index (χ1v) is 10.6. The van der Waals surface area contributed by atoms with Gasteiger partial charge in [-0.3, -0.25) is 5.32 Å². The molecule has 0 heterocycles. The molecule has 8 heteroatoms. The maximum atomic E-state index is 12.6. The monoisotopic (exact) mass is 491 g/mol. The summed E-state index contributed by atoms with van der Waals surface area (Å²) in [7, 11) is 0. The molecule has 2 aromatic carbocycles. The van der Waals surface area contributed by atoms with Gasteiger partial charge in [0.25, 0.3) is 0 Å². The maximum absolute atomic E-state index is 12.6. The van der Waals surface area contributed by atoms with Gasteiger partial charge in [-0.1, -0.05) is 47.1 Å². The number of aliphatic carboxylic acids is 1. The number of nitrogens with one attached hydrogen (secondary N) is 1. The summed E-state index contributed by atoms with van der Waals surface area (Å²) in [5.74, 6) is -0.615. The Kier molecular flexibility index (Phi) is 10.1. The van der Waals surface area contributed by atoms with Gasteiger partial charge in [-0.15, -0.1) is 0 Å². The van der Waals surface area contributed by atoms with Gasteiger partial charge in [0.05, 0.1) is 6.61 Å². The minimum absolute atomic E-state index is 0.116. The van der Waals surface area contributed by atoms with E-state index in [1.807, 2.05) is 31.2 Å². The molecule has 0 saturated carbocycles. The molecule has 2 atom stereocenters. The predicted octanol–water partition coefficient (Wildman–Crippen LogP) is 5.17. The van der Waals surface area contributed by atoms with Gasteiger partial charge in [0, 0.05) is 21.8 Å². The minimum Gasteiger partial charge on any atom is -0.491 e. The molecule has 0 radical (unpaired) electrons. The fourth-order valence-electron chi connectivity index (χ4n) is 2.98. The number of aliphatic hydroxyl groups excluding tert-OH is 1. The smallest absolute Gasteiger partial charge is 0.412 e. The quantitative estimate of drug-likeness (QED) is 0.374. The van der Waals surface area contributed by atoms with Crippen molar-refractivity contribution >= 4 is 33.7 Å². The number of benzene rings is 2. The number of carbonyl (C=O) groups excluding carboxylic acids is 1. The molecule has 1 amide bonds. The number of carbonyl (C=O) groups is 2. The van der Waals surface area contributed by atoms with Crippen molar-refractivity contribution in [2.24, 2.45) is 5.92 Å². The van der Waals surface area contributed by atoms with Crippen LogP contribution in [0.2, 0.25) is 0 Å². The average Bonchev–Trinajstić information content (AvgIpc) is 2.75. The summed E-state index contributed by atoms with van der Waals surface area (Å²) >= 11 is 3.35. The van der Waals surface area contributed by atoms with Crippen LogP contribution in [0, 0.1) is 5.92 Å². The third-order valence-corrected chi connectivity index (χ3v) is 4.99. The van der Waals surface area contributed by atoms with E-state index in [1.165, 1.54) is 0 Å². The van der Waals surface area contributed by atoms with Crippen molar-refractivity contribution in [3.05, 3.63) is 70.7 Å². The van der Waals surface area contributed by atoms with Gasteiger partial charge in [-0.2, -0.15) is 0 Å². The molecule has 0 spiro atoms. The van der Waals surface area contributed by atoms with Gasteiger partial charge >= 0.3 is 12.1 Å². The Labute approximate surface area is 189 Å². The van der Waals surface area contributed by atoms with E-state index < -0.39 is 18.2 Å². The van der Waals surface area contributed by atoms with Gasteiger partial charge < -0.3 is 19.7 Å². The van der Waals surface area contributed by atoms with Gasteiger partial charge in [-0.25, -0.2) is 9.59 Å². The molecule has 0 aliphatic heterocycles. The lowest BCUT2D eigenvalue weighted by molar-refractivity contribution is -0.131. The summed E-state index contributed by atoms with van der Waals surface area (Å²) < 4.78 is 12.3. The molecular weight excluding hydrogens is 466 g/mol. The number of carboxylic acid groups (broad SMARTS) is 1. The molecule has 7 nitrogen and oxygen atoms in total. The summed E-state index contributed by atoms with van der Waals surface area (Å²) in [6.45, 7) is 1.90. The van der Waals surface area contributed by atoms with Crippen LogP contribution in [0.25, 0.3) is 0 Å². The van der Waals surface area contributed by atoms with Crippen LogP contribution in [-0.4, -0.2) is 35.5 Å².